The van der Waals surface area contributed by atoms with E-state index in [4.69, 9.17) is 0 Å². The lowest BCUT2D eigenvalue weighted by Gasteiger charge is -2.16. The zero-order valence-corrected chi connectivity index (χ0v) is 13.6. The van der Waals surface area contributed by atoms with Gasteiger partial charge in [0.1, 0.15) is 0 Å². The number of benzene rings is 2. The molecule has 2 rings (SSSR count). The van der Waals surface area contributed by atoms with Crippen molar-refractivity contribution in [3.05, 3.63) is 77.9 Å². The van der Waals surface area contributed by atoms with E-state index in [1.54, 1.807) is 16.7 Å². The highest BCUT2D eigenvalue weighted by Crippen LogP contribution is 2.08. The van der Waals surface area contributed by atoms with E-state index in [0.29, 0.717) is 12.3 Å². The topological polar surface area (TPSA) is 20.3 Å². The Morgan fingerprint density at radius 1 is 1.05 bits per heavy atom. The Bertz CT molecular complexity index is 595. The van der Waals surface area contributed by atoms with Crippen molar-refractivity contribution in [2.24, 2.45) is 0 Å². The Morgan fingerprint density at radius 3 is 2.36 bits per heavy atom. The van der Waals surface area contributed by atoms with Crippen LogP contribution in [-0.4, -0.2) is 29.4 Å². The fourth-order valence-corrected chi connectivity index (χ4v) is 2.76. The molecule has 0 aliphatic rings. The van der Waals surface area contributed by atoms with Crippen molar-refractivity contribution in [3.63, 3.8) is 0 Å². The van der Waals surface area contributed by atoms with E-state index in [1.165, 1.54) is 5.56 Å². The van der Waals surface area contributed by atoms with Crippen LogP contribution >= 0.6 is 11.8 Å². The quantitative estimate of drug-likeness (QED) is 0.718. The summed E-state index contributed by atoms with van der Waals surface area (Å²) in [5.74, 6) is 1.53. The Morgan fingerprint density at radius 2 is 1.68 bits per heavy atom. The van der Waals surface area contributed by atoms with Crippen molar-refractivity contribution in [2.45, 2.75) is 6.54 Å². The average molecular weight is 311 g/mol. The molecule has 0 radical (unpaired) electrons. The number of carbonyl (C=O) groups is 1. The summed E-state index contributed by atoms with van der Waals surface area (Å²) in [5, 5.41) is 0. The molecule has 1 amide bonds. The maximum absolute atomic E-state index is 12.1. The van der Waals surface area contributed by atoms with Gasteiger partial charge in [-0.15, -0.1) is 11.8 Å². The van der Waals surface area contributed by atoms with Crippen LogP contribution in [0.15, 0.2) is 66.7 Å². The minimum absolute atomic E-state index is 0.168. The van der Waals surface area contributed by atoms with Gasteiger partial charge in [-0.25, -0.2) is 0 Å². The Labute approximate surface area is 136 Å². The summed E-state index contributed by atoms with van der Waals surface area (Å²) >= 11 is 1.64. The fourth-order valence-electron chi connectivity index (χ4n) is 2.02. The number of carbonyl (C=O) groups excluding carboxylic acids is 1. The van der Waals surface area contributed by atoms with Gasteiger partial charge in [-0.2, -0.15) is 0 Å². The SMILES string of the molecule is CN(Cc1ccccc1)C(=O)CSC/C=C/c1ccccc1. The Hall–Kier alpha value is -2.00. The highest BCUT2D eigenvalue weighted by atomic mass is 32.2. The summed E-state index contributed by atoms with van der Waals surface area (Å²) < 4.78 is 0. The van der Waals surface area contributed by atoms with Crippen LogP contribution in [0.1, 0.15) is 11.1 Å². The zero-order valence-electron chi connectivity index (χ0n) is 12.8. The van der Waals surface area contributed by atoms with Crippen molar-refractivity contribution in [1.29, 1.82) is 0 Å². The molecule has 0 N–H and O–H groups in total. The van der Waals surface area contributed by atoms with Crippen LogP contribution in [0.3, 0.4) is 0 Å². The molecule has 0 unspecified atom stereocenters. The van der Waals surface area contributed by atoms with Gasteiger partial charge in [-0.05, 0) is 11.1 Å². The second-order valence-electron chi connectivity index (χ2n) is 5.06. The van der Waals surface area contributed by atoms with Crippen molar-refractivity contribution in [2.75, 3.05) is 18.6 Å². The van der Waals surface area contributed by atoms with E-state index in [9.17, 15) is 4.79 Å². The molecule has 0 saturated heterocycles. The molecule has 0 saturated carbocycles. The molecule has 0 fully saturated rings. The van der Waals surface area contributed by atoms with E-state index >= 15 is 0 Å². The van der Waals surface area contributed by atoms with E-state index in [-0.39, 0.29) is 5.91 Å². The van der Waals surface area contributed by atoms with Gasteiger partial charge in [0.25, 0.3) is 0 Å². The highest BCUT2D eigenvalue weighted by Gasteiger charge is 2.08. The second kappa shape index (κ2) is 9.11. The van der Waals surface area contributed by atoms with E-state index < -0.39 is 0 Å². The highest BCUT2D eigenvalue weighted by molar-refractivity contribution is 8.00. The molecule has 3 heteroatoms. The molecule has 2 aromatic rings. The van der Waals surface area contributed by atoms with Crippen molar-refractivity contribution < 1.29 is 4.79 Å². The summed E-state index contributed by atoms with van der Waals surface area (Å²) in [6.07, 6.45) is 4.19. The van der Waals surface area contributed by atoms with Crippen LogP contribution in [0.5, 0.6) is 0 Å². The second-order valence-corrected chi connectivity index (χ2v) is 6.09. The van der Waals surface area contributed by atoms with Gasteiger partial charge in [0.15, 0.2) is 0 Å². The van der Waals surface area contributed by atoms with Crippen LogP contribution in [0.4, 0.5) is 0 Å². The predicted octanol–water partition coefficient (Wildman–Crippen LogP) is 4.09. The first-order chi connectivity index (χ1) is 10.8. The molecule has 114 valence electrons. The molecular weight excluding hydrogens is 290 g/mol. The van der Waals surface area contributed by atoms with Gasteiger partial charge >= 0.3 is 0 Å². The molecule has 22 heavy (non-hydrogen) atoms. The normalized spacial score (nSPS) is 10.8. The maximum Gasteiger partial charge on any atom is 0.232 e. The van der Waals surface area contributed by atoms with Gasteiger partial charge in [0.2, 0.25) is 5.91 Å². The minimum Gasteiger partial charge on any atom is -0.341 e. The fraction of sp³-hybridized carbons (Fsp3) is 0.211. The van der Waals surface area contributed by atoms with Crippen LogP contribution in [-0.2, 0) is 11.3 Å². The molecule has 0 bridgehead atoms. The Balaban J connectivity index is 1.68. The number of rotatable bonds is 7. The molecule has 0 heterocycles. The first-order valence-electron chi connectivity index (χ1n) is 7.33. The third-order valence-corrected chi connectivity index (χ3v) is 4.12. The van der Waals surface area contributed by atoms with Gasteiger partial charge < -0.3 is 4.90 Å². The lowest BCUT2D eigenvalue weighted by atomic mass is 10.2. The first-order valence-corrected chi connectivity index (χ1v) is 8.48. The molecule has 0 aliphatic carbocycles. The lowest BCUT2D eigenvalue weighted by molar-refractivity contribution is -0.127. The number of hydrogen-bond acceptors (Lipinski definition) is 2. The zero-order chi connectivity index (χ0) is 15.6. The molecule has 0 atom stereocenters. The summed E-state index contributed by atoms with van der Waals surface area (Å²) in [5.41, 5.74) is 2.35. The molecule has 2 aromatic carbocycles. The van der Waals surface area contributed by atoms with E-state index in [1.807, 2.05) is 55.6 Å². The molecule has 2 nitrogen and oxygen atoms in total. The van der Waals surface area contributed by atoms with Gasteiger partial charge in [0, 0.05) is 19.3 Å². The van der Waals surface area contributed by atoms with Crippen LogP contribution in [0.2, 0.25) is 0 Å². The van der Waals surface area contributed by atoms with Gasteiger partial charge in [0.05, 0.1) is 5.75 Å². The van der Waals surface area contributed by atoms with Crippen molar-refractivity contribution in [1.82, 2.24) is 4.90 Å². The number of thioether (sulfide) groups is 1. The van der Waals surface area contributed by atoms with E-state index in [2.05, 4.69) is 24.3 Å². The number of amides is 1. The smallest absolute Gasteiger partial charge is 0.232 e. The minimum atomic E-state index is 0.168. The molecular formula is C19H21NOS. The van der Waals surface area contributed by atoms with E-state index in [0.717, 1.165) is 11.3 Å². The monoisotopic (exact) mass is 311 g/mol. The third-order valence-electron chi connectivity index (χ3n) is 3.24. The standard InChI is InChI=1S/C19H21NOS/c1-20(15-18-11-6-3-7-12-18)19(21)16-22-14-8-13-17-9-4-2-5-10-17/h2-13H,14-16H2,1H3/b13-8+. The van der Waals surface area contributed by atoms with Crippen LogP contribution in [0, 0.1) is 0 Å². The largest absolute Gasteiger partial charge is 0.341 e. The average Bonchev–Trinajstić information content (AvgIpc) is 2.56. The summed E-state index contributed by atoms with van der Waals surface area (Å²) in [6, 6.07) is 20.3. The molecule has 0 aliphatic heterocycles. The van der Waals surface area contributed by atoms with Crippen LogP contribution < -0.4 is 0 Å². The Kier molecular flexibility index (Phi) is 6.78. The third kappa shape index (κ3) is 5.78. The van der Waals surface area contributed by atoms with Crippen molar-refractivity contribution in [3.8, 4) is 0 Å². The van der Waals surface area contributed by atoms with Gasteiger partial charge in [-0.1, -0.05) is 72.8 Å². The number of nitrogens with zero attached hydrogens (tertiary/aromatic N) is 1. The predicted molar refractivity (Wildman–Crippen MR) is 95.7 cm³/mol. The molecule has 0 aromatic heterocycles. The van der Waals surface area contributed by atoms with Gasteiger partial charge in [-0.3, -0.25) is 4.79 Å². The summed E-state index contributed by atoms with van der Waals surface area (Å²) in [4.78, 5) is 13.8. The molecule has 0 spiro atoms. The van der Waals surface area contributed by atoms with Crippen molar-refractivity contribution >= 4 is 23.7 Å². The summed E-state index contributed by atoms with van der Waals surface area (Å²) in [7, 11) is 1.86. The first kappa shape index (κ1) is 16.4. The summed E-state index contributed by atoms with van der Waals surface area (Å²) in [6.45, 7) is 0.667. The number of hydrogen-bond donors (Lipinski definition) is 0. The maximum atomic E-state index is 12.1. The lowest BCUT2D eigenvalue weighted by Crippen LogP contribution is -2.27. The van der Waals surface area contributed by atoms with Crippen LogP contribution in [0.25, 0.3) is 6.08 Å².